The van der Waals surface area contributed by atoms with Crippen LogP contribution < -0.4 is 5.32 Å². The molecule has 1 rings (SSSR count). The van der Waals surface area contributed by atoms with Gasteiger partial charge in [0, 0.05) is 5.54 Å². The molecule has 12 heavy (non-hydrogen) atoms. The van der Waals surface area contributed by atoms with Crippen molar-refractivity contribution in [2.75, 3.05) is 13.2 Å². The average molecular weight is 171 g/mol. The van der Waals surface area contributed by atoms with Crippen molar-refractivity contribution in [3.8, 4) is 0 Å². The van der Waals surface area contributed by atoms with Crippen LogP contribution in [0.3, 0.4) is 0 Å². The molecule has 1 heterocycles. The molecule has 1 aliphatic rings. The lowest BCUT2D eigenvalue weighted by atomic mass is 9.91. The molecule has 0 aromatic carbocycles. The van der Waals surface area contributed by atoms with E-state index in [0.29, 0.717) is 6.61 Å². The van der Waals surface area contributed by atoms with Crippen LogP contribution in [0, 0.1) is 0 Å². The standard InChI is InChI=1S/C10H21NO/c1-2-3-4-6-10(9-12)7-5-8-11-10/h11-12H,2-9H2,1H3. The van der Waals surface area contributed by atoms with Gasteiger partial charge in [-0.05, 0) is 25.8 Å². The highest BCUT2D eigenvalue weighted by atomic mass is 16.3. The largest absolute Gasteiger partial charge is 0.394 e. The van der Waals surface area contributed by atoms with Gasteiger partial charge in [-0.15, -0.1) is 0 Å². The van der Waals surface area contributed by atoms with E-state index in [1.165, 1.54) is 25.7 Å². The minimum atomic E-state index is 0.0924. The number of nitrogens with one attached hydrogen (secondary N) is 1. The first-order valence-corrected chi connectivity index (χ1v) is 5.19. The van der Waals surface area contributed by atoms with Crippen LogP contribution in [-0.4, -0.2) is 23.8 Å². The molecular formula is C10H21NO. The normalized spacial score (nSPS) is 29.5. The number of hydrogen-bond donors (Lipinski definition) is 2. The van der Waals surface area contributed by atoms with Crippen molar-refractivity contribution in [2.24, 2.45) is 0 Å². The lowest BCUT2D eigenvalue weighted by Gasteiger charge is -2.26. The molecule has 2 heteroatoms. The Morgan fingerprint density at radius 1 is 1.42 bits per heavy atom. The molecule has 72 valence electrons. The summed E-state index contributed by atoms with van der Waals surface area (Å²) in [5.74, 6) is 0. The van der Waals surface area contributed by atoms with Crippen molar-refractivity contribution < 1.29 is 5.11 Å². The molecule has 1 unspecified atom stereocenters. The Labute approximate surface area is 75.4 Å². The molecule has 1 saturated heterocycles. The lowest BCUT2D eigenvalue weighted by molar-refractivity contribution is 0.166. The fourth-order valence-electron chi connectivity index (χ4n) is 2.01. The summed E-state index contributed by atoms with van der Waals surface area (Å²) >= 11 is 0. The van der Waals surface area contributed by atoms with Gasteiger partial charge in [-0.3, -0.25) is 0 Å². The summed E-state index contributed by atoms with van der Waals surface area (Å²) in [6.45, 7) is 3.62. The van der Waals surface area contributed by atoms with E-state index >= 15 is 0 Å². The van der Waals surface area contributed by atoms with Crippen LogP contribution in [0.25, 0.3) is 0 Å². The van der Waals surface area contributed by atoms with Crippen molar-refractivity contribution in [3.05, 3.63) is 0 Å². The summed E-state index contributed by atoms with van der Waals surface area (Å²) in [5.41, 5.74) is 0.0924. The summed E-state index contributed by atoms with van der Waals surface area (Å²) < 4.78 is 0. The quantitative estimate of drug-likeness (QED) is 0.617. The molecule has 0 aliphatic carbocycles. The Morgan fingerprint density at radius 2 is 2.25 bits per heavy atom. The van der Waals surface area contributed by atoms with E-state index in [2.05, 4.69) is 12.2 Å². The van der Waals surface area contributed by atoms with Crippen LogP contribution in [0.4, 0.5) is 0 Å². The highest BCUT2D eigenvalue weighted by Gasteiger charge is 2.31. The summed E-state index contributed by atoms with van der Waals surface area (Å²) in [5, 5.41) is 12.7. The molecule has 0 bridgehead atoms. The smallest absolute Gasteiger partial charge is 0.0613 e. The highest BCUT2D eigenvalue weighted by Crippen LogP contribution is 2.24. The fourth-order valence-corrected chi connectivity index (χ4v) is 2.01. The van der Waals surface area contributed by atoms with Crippen molar-refractivity contribution in [3.63, 3.8) is 0 Å². The summed E-state index contributed by atoms with van der Waals surface area (Å²) in [6, 6.07) is 0. The SMILES string of the molecule is CCCCCC1(CO)CCCN1. The number of rotatable bonds is 5. The fraction of sp³-hybridized carbons (Fsp3) is 1.00. The van der Waals surface area contributed by atoms with E-state index in [1.807, 2.05) is 0 Å². The third-order valence-corrected chi connectivity index (χ3v) is 2.89. The topological polar surface area (TPSA) is 32.3 Å². The number of unbranched alkanes of at least 4 members (excludes halogenated alkanes) is 2. The van der Waals surface area contributed by atoms with E-state index in [9.17, 15) is 5.11 Å². The molecule has 2 N–H and O–H groups in total. The third kappa shape index (κ3) is 2.46. The average Bonchev–Trinajstić information content (AvgIpc) is 2.55. The van der Waals surface area contributed by atoms with E-state index in [0.717, 1.165) is 19.4 Å². The Hall–Kier alpha value is -0.0800. The van der Waals surface area contributed by atoms with Gasteiger partial charge in [0.2, 0.25) is 0 Å². The summed E-state index contributed by atoms with van der Waals surface area (Å²) in [4.78, 5) is 0. The van der Waals surface area contributed by atoms with Gasteiger partial charge >= 0.3 is 0 Å². The van der Waals surface area contributed by atoms with Gasteiger partial charge in [0.1, 0.15) is 0 Å². The van der Waals surface area contributed by atoms with E-state index in [4.69, 9.17) is 0 Å². The first-order valence-electron chi connectivity index (χ1n) is 5.19. The maximum absolute atomic E-state index is 9.25. The predicted octanol–water partition coefficient (Wildman–Crippen LogP) is 1.68. The predicted molar refractivity (Wildman–Crippen MR) is 51.2 cm³/mol. The van der Waals surface area contributed by atoms with Gasteiger partial charge in [-0.2, -0.15) is 0 Å². The van der Waals surface area contributed by atoms with Crippen LogP contribution in [0.5, 0.6) is 0 Å². The molecule has 0 aromatic rings. The first kappa shape index (κ1) is 10.0. The Bertz CT molecular complexity index is 119. The minimum absolute atomic E-state index is 0.0924. The van der Waals surface area contributed by atoms with Crippen LogP contribution in [0.2, 0.25) is 0 Å². The maximum Gasteiger partial charge on any atom is 0.0613 e. The molecule has 0 aromatic heterocycles. The minimum Gasteiger partial charge on any atom is -0.394 e. The molecule has 0 spiro atoms. The Kier molecular flexibility index (Phi) is 4.02. The monoisotopic (exact) mass is 171 g/mol. The van der Waals surface area contributed by atoms with Gasteiger partial charge in [0.25, 0.3) is 0 Å². The lowest BCUT2D eigenvalue weighted by Crippen LogP contribution is -2.43. The highest BCUT2D eigenvalue weighted by molar-refractivity contribution is 4.91. The summed E-state index contributed by atoms with van der Waals surface area (Å²) in [7, 11) is 0. The molecular weight excluding hydrogens is 150 g/mol. The van der Waals surface area contributed by atoms with Gasteiger partial charge in [-0.1, -0.05) is 26.2 Å². The Morgan fingerprint density at radius 3 is 2.75 bits per heavy atom. The van der Waals surface area contributed by atoms with Crippen LogP contribution in [0.1, 0.15) is 45.4 Å². The van der Waals surface area contributed by atoms with Gasteiger partial charge in [0.05, 0.1) is 6.61 Å². The van der Waals surface area contributed by atoms with Crippen LogP contribution >= 0.6 is 0 Å². The van der Waals surface area contributed by atoms with Crippen molar-refractivity contribution in [1.82, 2.24) is 5.32 Å². The second-order valence-corrected chi connectivity index (χ2v) is 3.93. The van der Waals surface area contributed by atoms with Crippen LogP contribution in [0.15, 0.2) is 0 Å². The van der Waals surface area contributed by atoms with Crippen LogP contribution in [-0.2, 0) is 0 Å². The zero-order chi connectivity index (χ0) is 8.86. The summed E-state index contributed by atoms with van der Waals surface area (Å²) in [6.07, 6.45) is 7.35. The van der Waals surface area contributed by atoms with Crippen molar-refractivity contribution in [2.45, 2.75) is 51.0 Å². The molecule has 0 saturated carbocycles. The third-order valence-electron chi connectivity index (χ3n) is 2.89. The van der Waals surface area contributed by atoms with E-state index in [-0.39, 0.29) is 5.54 Å². The molecule has 1 atom stereocenters. The molecule has 1 aliphatic heterocycles. The zero-order valence-electron chi connectivity index (χ0n) is 8.10. The van der Waals surface area contributed by atoms with Gasteiger partial charge in [-0.25, -0.2) is 0 Å². The molecule has 2 nitrogen and oxygen atoms in total. The number of hydrogen-bond acceptors (Lipinski definition) is 2. The zero-order valence-corrected chi connectivity index (χ0v) is 8.10. The van der Waals surface area contributed by atoms with E-state index < -0.39 is 0 Å². The van der Waals surface area contributed by atoms with Gasteiger partial charge in [0.15, 0.2) is 0 Å². The van der Waals surface area contributed by atoms with Crippen molar-refractivity contribution >= 4 is 0 Å². The molecule has 0 amide bonds. The Balaban J connectivity index is 2.24. The second-order valence-electron chi connectivity index (χ2n) is 3.93. The number of aliphatic hydroxyl groups is 1. The molecule has 1 fully saturated rings. The van der Waals surface area contributed by atoms with Gasteiger partial charge < -0.3 is 10.4 Å². The molecule has 0 radical (unpaired) electrons. The van der Waals surface area contributed by atoms with E-state index in [1.54, 1.807) is 0 Å². The van der Waals surface area contributed by atoms with Crippen molar-refractivity contribution in [1.29, 1.82) is 0 Å². The number of aliphatic hydroxyl groups excluding tert-OH is 1. The second kappa shape index (κ2) is 4.83. The maximum atomic E-state index is 9.25. The first-order chi connectivity index (χ1) is 5.83.